The fourth-order valence-corrected chi connectivity index (χ4v) is 3.49. The number of benzene rings is 2. The molecule has 0 saturated carbocycles. The van der Waals surface area contributed by atoms with Crippen LogP contribution >= 0.6 is 15.9 Å². The molecule has 0 aliphatic carbocycles. The first kappa shape index (κ1) is 17.6. The van der Waals surface area contributed by atoms with Gasteiger partial charge in [0.05, 0.1) is 7.11 Å². The number of hydrogen-bond donors (Lipinski definition) is 2. The van der Waals surface area contributed by atoms with Crippen LogP contribution in [0.4, 0.5) is 0 Å². The molecule has 0 fully saturated rings. The van der Waals surface area contributed by atoms with Gasteiger partial charge < -0.3 is 15.0 Å². The molecule has 0 unspecified atom stereocenters. The lowest BCUT2D eigenvalue weighted by Crippen LogP contribution is -2.22. The molecular weight excluding hydrogens is 379 g/mol. The molecule has 1 aromatic heterocycles. The first-order chi connectivity index (χ1) is 12.0. The van der Waals surface area contributed by atoms with E-state index in [-0.39, 0.29) is 5.91 Å². The van der Waals surface area contributed by atoms with E-state index < -0.39 is 0 Å². The lowest BCUT2D eigenvalue weighted by Gasteiger charge is -2.08. The van der Waals surface area contributed by atoms with Gasteiger partial charge in [0.1, 0.15) is 13.6 Å². The molecule has 0 saturated heterocycles. The van der Waals surface area contributed by atoms with Crippen molar-refractivity contribution in [2.45, 2.75) is 13.3 Å². The van der Waals surface area contributed by atoms with Crippen LogP contribution in [0.5, 0.6) is 5.75 Å². The van der Waals surface area contributed by atoms with Gasteiger partial charge in [-0.1, -0.05) is 33.5 Å². The van der Waals surface area contributed by atoms with Gasteiger partial charge in [-0.05, 0) is 41.8 Å². The Bertz CT molecular complexity index is 916. The Kier molecular flexibility index (Phi) is 5.18. The normalized spacial score (nSPS) is 10.8. The summed E-state index contributed by atoms with van der Waals surface area (Å²) in [6, 6.07) is 11.8. The number of halogens is 1. The van der Waals surface area contributed by atoms with Crippen molar-refractivity contribution in [2.24, 2.45) is 0 Å². The predicted molar refractivity (Wildman–Crippen MR) is 106 cm³/mol. The van der Waals surface area contributed by atoms with Gasteiger partial charge in [0.25, 0.3) is 0 Å². The smallest absolute Gasteiger partial charge is 0.216 e. The monoisotopic (exact) mass is 396 g/mol. The zero-order chi connectivity index (χ0) is 18.0. The maximum Gasteiger partial charge on any atom is 0.216 e. The Morgan fingerprint density at radius 1 is 1.28 bits per heavy atom. The van der Waals surface area contributed by atoms with Crippen LogP contribution in [0, 0.1) is 0 Å². The van der Waals surface area contributed by atoms with Crippen molar-refractivity contribution >= 4 is 46.0 Å². The average Bonchev–Trinajstić information content (AvgIpc) is 2.91. The standard InChI is InChI=1S/C19H18BBrN2O2/c1-11(24)22-6-5-16-17-10-15(25-2)3-4-18(17)23-19(16)12-7-13(20)9-14(21)8-12/h3-4,7-10,23H,5-6H2,1-2H3,(H,22,24). The Morgan fingerprint density at radius 3 is 2.76 bits per heavy atom. The summed E-state index contributed by atoms with van der Waals surface area (Å²) in [6.07, 6.45) is 0.703. The Labute approximate surface area is 156 Å². The molecule has 2 aromatic carbocycles. The minimum absolute atomic E-state index is 0.0364. The van der Waals surface area contributed by atoms with Crippen LogP contribution in [0.1, 0.15) is 12.5 Å². The van der Waals surface area contributed by atoms with Gasteiger partial charge in [-0.15, -0.1) is 0 Å². The maximum absolute atomic E-state index is 11.2. The van der Waals surface area contributed by atoms with E-state index in [9.17, 15) is 4.79 Å². The van der Waals surface area contributed by atoms with Crippen LogP contribution in [-0.4, -0.2) is 32.4 Å². The van der Waals surface area contributed by atoms with Crippen LogP contribution in [0.3, 0.4) is 0 Å². The molecule has 0 aliphatic rings. The minimum Gasteiger partial charge on any atom is -0.497 e. The molecule has 3 aromatic rings. The lowest BCUT2D eigenvalue weighted by molar-refractivity contribution is -0.118. The zero-order valence-corrected chi connectivity index (χ0v) is 15.7. The summed E-state index contributed by atoms with van der Waals surface area (Å²) in [5.41, 5.74) is 4.84. The fourth-order valence-electron chi connectivity index (χ4n) is 2.98. The molecule has 0 aliphatic heterocycles. The molecule has 6 heteroatoms. The number of carbonyl (C=O) groups excluding carboxylic acids is 1. The molecule has 2 N–H and O–H groups in total. The third-order valence-electron chi connectivity index (χ3n) is 4.07. The maximum atomic E-state index is 11.2. The Morgan fingerprint density at radius 2 is 2.08 bits per heavy atom. The summed E-state index contributed by atoms with van der Waals surface area (Å²) < 4.78 is 6.28. The van der Waals surface area contributed by atoms with Gasteiger partial charge in [-0.3, -0.25) is 4.79 Å². The molecule has 3 rings (SSSR count). The molecule has 2 radical (unpaired) electrons. The van der Waals surface area contributed by atoms with E-state index in [1.165, 1.54) is 6.92 Å². The van der Waals surface area contributed by atoms with Crippen LogP contribution in [-0.2, 0) is 11.2 Å². The van der Waals surface area contributed by atoms with Crippen molar-refractivity contribution in [1.82, 2.24) is 10.3 Å². The highest BCUT2D eigenvalue weighted by atomic mass is 79.9. The molecule has 1 heterocycles. The number of nitrogens with one attached hydrogen (secondary N) is 2. The van der Waals surface area contributed by atoms with Crippen molar-refractivity contribution in [3.05, 3.63) is 46.4 Å². The Hall–Kier alpha value is -2.21. The topological polar surface area (TPSA) is 54.1 Å². The largest absolute Gasteiger partial charge is 0.497 e. The highest BCUT2D eigenvalue weighted by Gasteiger charge is 2.14. The van der Waals surface area contributed by atoms with E-state index in [1.54, 1.807) is 7.11 Å². The van der Waals surface area contributed by atoms with Crippen molar-refractivity contribution in [1.29, 1.82) is 0 Å². The molecule has 0 atom stereocenters. The number of hydrogen-bond acceptors (Lipinski definition) is 2. The fraction of sp³-hybridized carbons (Fsp3) is 0.211. The van der Waals surface area contributed by atoms with Crippen molar-refractivity contribution in [2.75, 3.05) is 13.7 Å². The van der Waals surface area contributed by atoms with E-state index in [0.29, 0.717) is 18.4 Å². The first-order valence-electron chi connectivity index (χ1n) is 7.97. The summed E-state index contributed by atoms with van der Waals surface area (Å²) in [7, 11) is 7.66. The van der Waals surface area contributed by atoms with Crippen molar-refractivity contribution in [3.8, 4) is 17.0 Å². The van der Waals surface area contributed by atoms with Crippen molar-refractivity contribution in [3.63, 3.8) is 0 Å². The van der Waals surface area contributed by atoms with Crippen molar-refractivity contribution < 1.29 is 9.53 Å². The molecule has 25 heavy (non-hydrogen) atoms. The number of H-pyrrole nitrogens is 1. The van der Waals surface area contributed by atoms with Crippen LogP contribution in [0.15, 0.2) is 40.9 Å². The van der Waals surface area contributed by atoms with Gasteiger partial charge >= 0.3 is 0 Å². The van der Waals surface area contributed by atoms with Gasteiger partial charge in [0.15, 0.2) is 0 Å². The predicted octanol–water partition coefficient (Wildman–Crippen LogP) is 3.08. The second-order valence-electron chi connectivity index (χ2n) is 5.90. The minimum atomic E-state index is -0.0364. The number of carbonyl (C=O) groups is 1. The van der Waals surface area contributed by atoms with E-state index in [0.717, 1.165) is 37.9 Å². The third-order valence-corrected chi connectivity index (χ3v) is 4.53. The molecule has 0 spiro atoms. The van der Waals surface area contributed by atoms with Gasteiger partial charge in [0, 0.05) is 34.5 Å². The van der Waals surface area contributed by atoms with E-state index in [1.807, 2.05) is 36.4 Å². The SMILES string of the molecule is [B]c1cc(Br)cc(-c2[nH]c3ccc(OC)cc3c2CCNC(C)=O)c1. The quantitative estimate of drug-likeness (QED) is 0.651. The van der Waals surface area contributed by atoms with E-state index >= 15 is 0 Å². The van der Waals surface area contributed by atoms with Crippen LogP contribution in [0.2, 0.25) is 0 Å². The highest BCUT2D eigenvalue weighted by Crippen LogP contribution is 2.33. The average molecular weight is 397 g/mol. The van der Waals surface area contributed by atoms with E-state index in [4.69, 9.17) is 12.6 Å². The first-order valence-corrected chi connectivity index (χ1v) is 8.76. The number of fused-ring (bicyclic) bond motifs is 1. The summed E-state index contributed by atoms with van der Waals surface area (Å²) in [4.78, 5) is 14.7. The summed E-state index contributed by atoms with van der Waals surface area (Å²) in [6.45, 7) is 2.09. The second kappa shape index (κ2) is 7.36. The summed E-state index contributed by atoms with van der Waals surface area (Å²) >= 11 is 3.50. The third kappa shape index (κ3) is 3.90. The molecule has 1 amide bonds. The van der Waals surface area contributed by atoms with Gasteiger partial charge in [-0.25, -0.2) is 0 Å². The van der Waals surface area contributed by atoms with Crippen LogP contribution in [0.25, 0.3) is 22.2 Å². The molecule has 4 nitrogen and oxygen atoms in total. The number of methoxy groups -OCH3 is 1. The number of rotatable bonds is 5. The number of aromatic nitrogens is 1. The van der Waals surface area contributed by atoms with E-state index in [2.05, 4.69) is 26.2 Å². The van der Waals surface area contributed by atoms with Gasteiger partial charge in [-0.2, -0.15) is 0 Å². The molecule has 126 valence electrons. The second-order valence-corrected chi connectivity index (χ2v) is 6.81. The summed E-state index contributed by atoms with van der Waals surface area (Å²) in [5.74, 6) is 0.762. The lowest BCUT2D eigenvalue weighted by atomic mass is 9.92. The molecule has 0 bridgehead atoms. The molecular formula is C19H18BBrN2O2. The number of ether oxygens (including phenoxy) is 1. The van der Waals surface area contributed by atoms with Gasteiger partial charge in [0.2, 0.25) is 5.91 Å². The van der Waals surface area contributed by atoms with Crippen LogP contribution < -0.4 is 15.5 Å². The highest BCUT2D eigenvalue weighted by molar-refractivity contribution is 9.10. The number of aromatic amines is 1. The Balaban J connectivity index is 2.13. The number of amides is 1. The zero-order valence-electron chi connectivity index (χ0n) is 14.2. The summed E-state index contributed by atoms with van der Waals surface area (Å²) in [5, 5.41) is 3.94.